The van der Waals surface area contributed by atoms with Gasteiger partial charge in [-0.2, -0.15) is 5.10 Å². The highest BCUT2D eigenvalue weighted by molar-refractivity contribution is 5.94. The van der Waals surface area contributed by atoms with E-state index in [0.717, 1.165) is 23.2 Å². The molecule has 6 nitrogen and oxygen atoms in total. The molecule has 0 atom stereocenters. The van der Waals surface area contributed by atoms with E-state index in [1.165, 1.54) is 29.7 Å². The van der Waals surface area contributed by atoms with Crippen LogP contribution in [0.1, 0.15) is 18.7 Å². The van der Waals surface area contributed by atoms with Crippen LogP contribution in [0.15, 0.2) is 24.4 Å². The Morgan fingerprint density at radius 2 is 2.26 bits per heavy atom. The summed E-state index contributed by atoms with van der Waals surface area (Å²) in [5.74, 6) is 1.17. The molecule has 0 aliphatic heterocycles. The van der Waals surface area contributed by atoms with Crippen LogP contribution in [0, 0.1) is 11.7 Å². The van der Waals surface area contributed by atoms with Gasteiger partial charge >= 0.3 is 0 Å². The van der Waals surface area contributed by atoms with E-state index in [2.05, 4.69) is 15.1 Å². The van der Waals surface area contributed by atoms with E-state index in [-0.39, 0.29) is 12.4 Å². The predicted octanol–water partition coefficient (Wildman–Crippen LogP) is 2.00. The van der Waals surface area contributed by atoms with Gasteiger partial charge in [-0.15, -0.1) is 0 Å². The number of nitrogens with two attached hydrogens (primary N) is 1. The zero-order valence-corrected chi connectivity index (χ0v) is 12.4. The summed E-state index contributed by atoms with van der Waals surface area (Å²) in [7, 11) is 0. The molecule has 2 aromatic heterocycles. The first kappa shape index (κ1) is 13.9. The van der Waals surface area contributed by atoms with Gasteiger partial charge in [-0.3, -0.25) is 4.79 Å². The Morgan fingerprint density at radius 1 is 1.43 bits per heavy atom. The third-order valence-corrected chi connectivity index (χ3v) is 4.07. The monoisotopic (exact) mass is 313 g/mol. The Bertz CT molecular complexity index is 893. The van der Waals surface area contributed by atoms with Gasteiger partial charge in [0.25, 0.3) is 0 Å². The summed E-state index contributed by atoms with van der Waals surface area (Å²) in [4.78, 5) is 18.9. The third-order valence-electron chi connectivity index (χ3n) is 4.07. The molecule has 0 saturated heterocycles. The summed E-state index contributed by atoms with van der Waals surface area (Å²) in [6, 6.07) is 4.53. The molecule has 4 rings (SSSR count). The maximum Gasteiger partial charge on any atom is 0.239 e. The first-order valence-corrected chi connectivity index (χ1v) is 7.59. The highest BCUT2D eigenvalue weighted by atomic mass is 19.1. The van der Waals surface area contributed by atoms with Crippen molar-refractivity contribution in [2.24, 2.45) is 11.7 Å². The molecule has 3 N–H and O–H groups in total. The average molecular weight is 313 g/mol. The molecule has 23 heavy (non-hydrogen) atoms. The van der Waals surface area contributed by atoms with Crippen LogP contribution in [-0.2, 0) is 17.8 Å². The van der Waals surface area contributed by atoms with Crippen molar-refractivity contribution in [2.45, 2.75) is 25.8 Å². The summed E-state index contributed by atoms with van der Waals surface area (Å²) < 4.78 is 14.9. The third kappa shape index (κ3) is 2.69. The highest BCUT2D eigenvalue weighted by Gasteiger charge is 2.25. The minimum atomic E-state index is -0.472. The standard InChI is InChI=1S/C16H16FN5O/c17-10-3-4-11-12(7-19-13(11)6-10)16-20-15(5-9-1-2-9)21-22(16)8-14(18)23/h3-4,6-7,9,19H,1-2,5,8H2,(H2,18,23). The number of carbonyl (C=O) groups excluding carboxylic acids is 1. The van der Waals surface area contributed by atoms with Gasteiger partial charge in [-0.1, -0.05) is 0 Å². The number of amides is 1. The van der Waals surface area contributed by atoms with Crippen molar-refractivity contribution >= 4 is 16.8 Å². The second-order valence-electron chi connectivity index (χ2n) is 6.02. The lowest BCUT2D eigenvalue weighted by Crippen LogP contribution is -2.20. The number of primary amides is 1. The van der Waals surface area contributed by atoms with Crippen LogP contribution in [0.5, 0.6) is 0 Å². The number of H-pyrrole nitrogens is 1. The normalized spacial score (nSPS) is 14.5. The Balaban J connectivity index is 1.80. The molecule has 1 saturated carbocycles. The Labute approximate surface area is 131 Å². The molecule has 7 heteroatoms. The fourth-order valence-corrected chi connectivity index (χ4v) is 2.80. The summed E-state index contributed by atoms with van der Waals surface area (Å²) in [6.07, 6.45) is 4.97. The SMILES string of the molecule is NC(=O)Cn1nc(CC2CC2)nc1-c1c[nH]c2cc(F)ccc12. The van der Waals surface area contributed by atoms with Crippen molar-refractivity contribution in [2.75, 3.05) is 0 Å². The van der Waals surface area contributed by atoms with E-state index in [1.54, 1.807) is 12.3 Å². The lowest BCUT2D eigenvalue weighted by Gasteiger charge is -2.02. The maximum absolute atomic E-state index is 13.3. The zero-order chi connectivity index (χ0) is 16.0. The van der Waals surface area contributed by atoms with Gasteiger partial charge in [0, 0.05) is 29.1 Å². The van der Waals surface area contributed by atoms with Gasteiger partial charge in [-0.05, 0) is 37.0 Å². The molecule has 2 heterocycles. The molecule has 0 unspecified atom stereocenters. The fourth-order valence-electron chi connectivity index (χ4n) is 2.80. The van der Waals surface area contributed by atoms with Gasteiger partial charge in [0.15, 0.2) is 11.6 Å². The number of fused-ring (bicyclic) bond motifs is 1. The van der Waals surface area contributed by atoms with E-state index in [4.69, 9.17) is 5.73 Å². The molecule has 1 aliphatic rings. The van der Waals surface area contributed by atoms with Crippen LogP contribution in [0.4, 0.5) is 4.39 Å². The predicted molar refractivity (Wildman–Crippen MR) is 82.9 cm³/mol. The maximum atomic E-state index is 13.3. The van der Waals surface area contributed by atoms with Crippen LogP contribution in [0.3, 0.4) is 0 Å². The Kier molecular flexibility index (Phi) is 3.14. The molecule has 1 aromatic carbocycles. The first-order chi connectivity index (χ1) is 11.1. The molecular weight excluding hydrogens is 297 g/mol. The molecule has 118 valence electrons. The van der Waals surface area contributed by atoms with Crippen molar-refractivity contribution in [3.05, 3.63) is 36.0 Å². The molecule has 1 aliphatic carbocycles. The topological polar surface area (TPSA) is 89.6 Å². The zero-order valence-electron chi connectivity index (χ0n) is 12.4. The van der Waals surface area contributed by atoms with E-state index in [1.807, 2.05) is 0 Å². The summed E-state index contributed by atoms with van der Waals surface area (Å²) >= 11 is 0. The minimum absolute atomic E-state index is 0.0269. The highest BCUT2D eigenvalue weighted by Crippen LogP contribution is 2.33. The minimum Gasteiger partial charge on any atom is -0.368 e. The molecule has 1 amide bonds. The fraction of sp³-hybridized carbons (Fsp3) is 0.312. The number of hydrogen-bond acceptors (Lipinski definition) is 3. The molecule has 0 bridgehead atoms. The molecule has 0 spiro atoms. The summed E-state index contributed by atoms with van der Waals surface area (Å²) in [6.45, 7) is -0.0269. The summed E-state index contributed by atoms with van der Waals surface area (Å²) in [5.41, 5.74) is 6.78. The van der Waals surface area contributed by atoms with Gasteiger partial charge in [0.2, 0.25) is 5.91 Å². The quantitative estimate of drug-likeness (QED) is 0.755. The van der Waals surface area contributed by atoms with Crippen LogP contribution in [0.2, 0.25) is 0 Å². The Hall–Kier alpha value is -2.70. The number of halogens is 1. The van der Waals surface area contributed by atoms with Crippen LogP contribution in [-0.4, -0.2) is 25.7 Å². The Morgan fingerprint density at radius 3 is 3.00 bits per heavy atom. The van der Waals surface area contributed by atoms with Crippen molar-refractivity contribution in [1.29, 1.82) is 0 Å². The van der Waals surface area contributed by atoms with Gasteiger partial charge in [-0.25, -0.2) is 14.1 Å². The molecule has 0 radical (unpaired) electrons. The van der Waals surface area contributed by atoms with E-state index in [0.29, 0.717) is 17.3 Å². The number of rotatable bonds is 5. The first-order valence-electron chi connectivity index (χ1n) is 7.59. The number of aromatic amines is 1. The second-order valence-corrected chi connectivity index (χ2v) is 6.02. The number of nitrogens with zero attached hydrogens (tertiary/aromatic N) is 3. The largest absolute Gasteiger partial charge is 0.368 e. The number of benzene rings is 1. The van der Waals surface area contributed by atoms with E-state index >= 15 is 0 Å². The number of nitrogens with one attached hydrogen (secondary N) is 1. The van der Waals surface area contributed by atoms with Crippen LogP contribution >= 0.6 is 0 Å². The number of carbonyl (C=O) groups is 1. The summed E-state index contributed by atoms with van der Waals surface area (Å²) in [5, 5.41) is 5.26. The lowest BCUT2D eigenvalue weighted by molar-refractivity contribution is -0.118. The smallest absolute Gasteiger partial charge is 0.239 e. The van der Waals surface area contributed by atoms with E-state index in [9.17, 15) is 9.18 Å². The van der Waals surface area contributed by atoms with Crippen molar-refractivity contribution in [3.63, 3.8) is 0 Å². The van der Waals surface area contributed by atoms with Crippen molar-refractivity contribution < 1.29 is 9.18 Å². The number of hydrogen-bond donors (Lipinski definition) is 2. The van der Waals surface area contributed by atoms with Crippen molar-refractivity contribution in [3.8, 4) is 11.4 Å². The van der Waals surface area contributed by atoms with Gasteiger partial charge in [0.1, 0.15) is 12.4 Å². The van der Waals surface area contributed by atoms with Crippen LogP contribution < -0.4 is 5.73 Å². The second kappa shape index (κ2) is 5.19. The van der Waals surface area contributed by atoms with E-state index < -0.39 is 5.91 Å². The molecule has 3 aromatic rings. The number of aromatic nitrogens is 4. The molecular formula is C16H16FN5O. The average Bonchev–Trinajstić information content (AvgIpc) is 3.07. The molecule has 1 fully saturated rings. The van der Waals surface area contributed by atoms with Crippen molar-refractivity contribution in [1.82, 2.24) is 19.7 Å². The van der Waals surface area contributed by atoms with Gasteiger partial charge in [0.05, 0.1) is 0 Å². The van der Waals surface area contributed by atoms with Gasteiger partial charge < -0.3 is 10.7 Å². The van der Waals surface area contributed by atoms with Crippen LogP contribution in [0.25, 0.3) is 22.3 Å². The lowest BCUT2D eigenvalue weighted by atomic mass is 10.1.